The number of hydrogen-bond donors (Lipinski definition) is 2. The molecule has 2 atom stereocenters. The lowest BCUT2D eigenvalue weighted by Gasteiger charge is -2.50. The van der Waals surface area contributed by atoms with Gasteiger partial charge in [-0.3, -0.25) is 10.1 Å². The standard InChI is InChI=1S/C13H15F3N2O3/c1-12(2)10(6-11(12)19)17-9-4-3-7(18(20)21)5-8(9)13(14,15)16/h3-5,10-11,17,19H,6H2,1-2H3. The summed E-state index contributed by atoms with van der Waals surface area (Å²) >= 11 is 0. The summed E-state index contributed by atoms with van der Waals surface area (Å²) in [7, 11) is 0. The number of benzene rings is 1. The van der Waals surface area contributed by atoms with Gasteiger partial charge in [-0.25, -0.2) is 0 Å². The Morgan fingerprint density at radius 2 is 2.05 bits per heavy atom. The quantitative estimate of drug-likeness (QED) is 0.664. The minimum Gasteiger partial charge on any atom is -0.392 e. The maximum atomic E-state index is 13.0. The third-order valence-corrected chi connectivity index (χ3v) is 4.07. The molecule has 2 rings (SSSR count). The Bertz CT molecular complexity index is 572. The fraction of sp³-hybridized carbons (Fsp3) is 0.538. The van der Waals surface area contributed by atoms with Crippen LogP contribution >= 0.6 is 0 Å². The first-order valence-corrected chi connectivity index (χ1v) is 6.33. The van der Waals surface area contributed by atoms with Crippen LogP contribution in [0.5, 0.6) is 0 Å². The van der Waals surface area contributed by atoms with Crippen molar-refractivity contribution in [2.45, 2.75) is 38.6 Å². The summed E-state index contributed by atoms with van der Waals surface area (Å²) < 4.78 is 39.1. The average Bonchev–Trinajstić information content (AvgIpc) is 2.37. The number of halogens is 3. The lowest BCUT2D eigenvalue weighted by Crippen LogP contribution is -2.57. The average molecular weight is 304 g/mol. The van der Waals surface area contributed by atoms with Crippen LogP contribution in [0, 0.1) is 15.5 Å². The van der Waals surface area contributed by atoms with Crippen molar-refractivity contribution in [2.75, 3.05) is 5.32 Å². The van der Waals surface area contributed by atoms with Crippen LogP contribution in [-0.4, -0.2) is 22.2 Å². The number of nitro benzene ring substituents is 1. The molecule has 2 N–H and O–H groups in total. The highest BCUT2D eigenvalue weighted by Crippen LogP contribution is 2.44. The largest absolute Gasteiger partial charge is 0.418 e. The van der Waals surface area contributed by atoms with Gasteiger partial charge in [0.15, 0.2) is 0 Å². The van der Waals surface area contributed by atoms with Crippen molar-refractivity contribution >= 4 is 11.4 Å². The number of hydrogen-bond acceptors (Lipinski definition) is 4. The van der Waals surface area contributed by atoms with Crippen LogP contribution in [0.4, 0.5) is 24.5 Å². The Balaban J connectivity index is 2.33. The van der Waals surface area contributed by atoms with Gasteiger partial charge in [-0.05, 0) is 12.5 Å². The fourth-order valence-electron chi connectivity index (χ4n) is 2.34. The smallest absolute Gasteiger partial charge is 0.392 e. The molecule has 0 aromatic heterocycles. The second-order valence-electron chi connectivity index (χ2n) is 5.75. The maximum Gasteiger partial charge on any atom is 0.418 e. The zero-order chi connectivity index (χ0) is 16.0. The van der Waals surface area contributed by atoms with E-state index in [1.54, 1.807) is 13.8 Å². The van der Waals surface area contributed by atoms with Crippen molar-refractivity contribution in [3.8, 4) is 0 Å². The summed E-state index contributed by atoms with van der Waals surface area (Å²) in [6, 6.07) is 2.28. The summed E-state index contributed by atoms with van der Waals surface area (Å²) in [4.78, 5) is 9.75. The first-order valence-electron chi connectivity index (χ1n) is 6.33. The van der Waals surface area contributed by atoms with Crippen LogP contribution in [0.3, 0.4) is 0 Å². The number of nitrogens with one attached hydrogen (secondary N) is 1. The van der Waals surface area contributed by atoms with Crippen molar-refractivity contribution < 1.29 is 23.2 Å². The molecular formula is C13H15F3N2O3. The summed E-state index contributed by atoms with van der Waals surface area (Å²) in [6.07, 6.45) is -4.94. The van der Waals surface area contributed by atoms with Gasteiger partial charge in [0.05, 0.1) is 16.6 Å². The van der Waals surface area contributed by atoms with Crippen LogP contribution in [0.15, 0.2) is 18.2 Å². The van der Waals surface area contributed by atoms with Crippen LogP contribution in [0.2, 0.25) is 0 Å². The van der Waals surface area contributed by atoms with E-state index in [-0.39, 0.29) is 11.7 Å². The normalized spacial score (nSPS) is 24.3. The monoisotopic (exact) mass is 304 g/mol. The zero-order valence-corrected chi connectivity index (χ0v) is 11.4. The lowest BCUT2D eigenvalue weighted by molar-refractivity contribution is -0.385. The summed E-state index contributed by atoms with van der Waals surface area (Å²) in [5, 5.41) is 23.0. The Hall–Kier alpha value is -1.83. The molecule has 0 saturated heterocycles. The first-order chi connectivity index (χ1) is 9.53. The molecule has 1 aliphatic carbocycles. The third kappa shape index (κ3) is 2.80. The molecule has 0 bridgehead atoms. The zero-order valence-electron chi connectivity index (χ0n) is 11.4. The van der Waals surface area contributed by atoms with E-state index in [1.807, 2.05) is 0 Å². The lowest BCUT2D eigenvalue weighted by atomic mass is 9.64. The van der Waals surface area contributed by atoms with Gasteiger partial charge in [0.1, 0.15) is 0 Å². The van der Waals surface area contributed by atoms with E-state index >= 15 is 0 Å². The molecule has 1 saturated carbocycles. The molecule has 1 aromatic carbocycles. The number of nitrogens with zero attached hydrogens (tertiary/aromatic N) is 1. The van der Waals surface area contributed by atoms with Gasteiger partial charge in [0, 0.05) is 29.3 Å². The number of rotatable bonds is 3. The van der Waals surface area contributed by atoms with Gasteiger partial charge in [0.25, 0.3) is 5.69 Å². The van der Waals surface area contributed by atoms with Crippen LogP contribution in [0.25, 0.3) is 0 Å². The van der Waals surface area contributed by atoms with E-state index in [0.29, 0.717) is 12.5 Å². The molecule has 0 radical (unpaired) electrons. The molecule has 1 aromatic rings. The topological polar surface area (TPSA) is 75.4 Å². The van der Waals surface area contributed by atoms with Crippen molar-refractivity contribution in [1.82, 2.24) is 0 Å². The predicted molar refractivity (Wildman–Crippen MR) is 69.9 cm³/mol. The van der Waals surface area contributed by atoms with E-state index in [1.165, 1.54) is 0 Å². The van der Waals surface area contributed by atoms with Crippen molar-refractivity contribution in [3.63, 3.8) is 0 Å². The molecule has 5 nitrogen and oxygen atoms in total. The Labute approximate surface area is 118 Å². The minimum absolute atomic E-state index is 0.210. The first kappa shape index (κ1) is 15.6. The van der Waals surface area contributed by atoms with Crippen LogP contribution < -0.4 is 5.32 Å². The molecular weight excluding hydrogens is 289 g/mol. The molecule has 2 unspecified atom stereocenters. The molecule has 116 valence electrons. The Morgan fingerprint density at radius 3 is 2.48 bits per heavy atom. The highest BCUT2D eigenvalue weighted by atomic mass is 19.4. The summed E-state index contributed by atoms with van der Waals surface area (Å²) in [6.45, 7) is 3.50. The van der Waals surface area contributed by atoms with Gasteiger partial charge in [-0.2, -0.15) is 13.2 Å². The SMILES string of the molecule is CC1(C)C(O)CC1Nc1ccc([N+](=O)[O-])cc1C(F)(F)F. The van der Waals surface area contributed by atoms with Gasteiger partial charge in [-0.15, -0.1) is 0 Å². The Kier molecular flexibility index (Phi) is 3.61. The van der Waals surface area contributed by atoms with Gasteiger partial charge < -0.3 is 10.4 Å². The second kappa shape index (κ2) is 4.87. The van der Waals surface area contributed by atoms with Gasteiger partial charge in [0.2, 0.25) is 0 Å². The molecule has 0 aliphatic heterocycles. The van der Waals surface area contributed by atoms with Crippen LogP contribution in [-0.2, 0) is 6.18 Å². The van der Waals surface area contributed by atoms with E-state index in [9.17, 15) is 28.4 Å². The highest BCUT2D eigenvalue weighted by Gasteiger charge is 2.48. The van der Waals surface area contributed by atoms with E-state index in [4.69, 9.17) is 0 Å². The number of anilines is 1. The fourth-order valence-corrected chi connectivity index (χ4v) is 2.34. The Morgan fingerprint density at radius 1 is 1.43 bits per heavy atom. The van der Waals surface area contributed by atoms with Crippen molar-refractivity contribution in [2.24, 2.45) is 5.41 Å². The summed E-state index contributed by atoms with van der Waals surface area (Å²) in [5.74, 6) is 0. The molecule has 8 heteroatoms. The van der Waals surface area contributed by atoms with E-state index in [0.717, 1.165) is 12.1 Å². The van der Waals surface area contributed by atoms with Crippen LogP contribution in [0.1, 0.15) is 25.8 Å². The molecule has 0 spiro atoms. The minimum atomic E-state index is -4.69. The number of nitro groups is 1. The predicted octanol–water partition coefficient (Wildman–Crippen LogP) is 3.18. The van der Waals surface area contributed by atoms with Gasteiger partial charge >= 0.3 is 6.18 Å². The number of aliphatic hydroxyl groups is 1. The van der Waals surface area contributed by atoms with Crippen molar-refractivity contribution in [1.29, 1.82) is 0 Å². The van der Waals surface area contributed by atoms with Crippen molar-refractivity contribution in [3.05, 3.63) is 33.9 Å². The molecule has 21 heavy (non-hydrogen) atoms. The second-order valence-corrected chi connectivity index (χ2v) is 5.75. The number of non-ortho nitro benzene ring substituents is 1. The number of aliphatic hydroxyl groups excluding tert-OH is 1. The molecule has 0 amide bonds. The summed E-state index contributed by atoms with van der Waals surface area (Å²) in [5.41, 5.74) is -2.45. The molecule has 1 fully saturated rings. The highest BCUT2D eigenvalue weighted by molar-refractivity contribution is 5.58. The van der Waals surface area contributed by atoms with E-state index < -0.39 is 33.9 Å². The van der Waals surface area contributed by atoms with Gasteiger partial charge in [-0.1, -0.05) is 13.8 Å². The molecule has 1 aliphatic rings. The maximum absolute atomic E-state index is 13.0. The molecule has 0 heterocycles. The third-order valence-electron chi connectivity index (χ3n) is 4.07. The number of alkyl halides is 3. The van der Waals surface area contributed by atoms with E-state index in [2.05, 4.69) is 5.32 Å².